The average Bonchev–Trinajstić information content (AvgIpc) is 2.35. The van der Waals surface area contributed by atoms with Gasteiger partial charge in [0.2, 0.25) is 0 Å². The van der Waals surface area contributed by atoms with Crippen molar-refractivity contribution in [1.29, 1.82) is 0 Å². The van der Waals surface area contributed by atoms with Crippen LogP contribution in [0.5, 0.6) is 0 Å². The quantitative estimate of drug-likeness (QED) is 0.764. The standard InChI is InChI=1S/C15H21FN2O4/c1-15(2,3)22-14(21)18-10(8-19)6-9-4-5-11(13(17)20)12(16)7-9/h4-5,7,10,19H,6,8H2,1-3H3,(H2,17,20)(H,18,21)/t10-/m0/s1. The van der Waals surface area contributed by atoms with E-state index >= 15 is 0 Å². The number of nitrogens with one attached hydrogen (secondary N) is 1. The van der Waals surface area contributed by atoms with Crippen LogP contribution < -0.4 is 11.1 Å². The lowest BCUT2D eigenvalue weighted by atomic mass is 10.0. The van der Waals surface area contributed by atoms with E-state index in [2.05, 4.69) is 5.32 Å². The molecule has 0 aromatic heterocycles. The van der Waals surface area contributed by atoms with Crippen molar-refractivity contribution in [1.82, 2.24) is 5.32 Å². The van der Waals surface area contributed by atoms with Gasteiger partial charge in [0.1, 0.15) is 11.4 Å². The molecule has 1 rings (SSSR count). The van der Waals surface area contributed by atoms with Gasteiger partial charge in [0, 0.05) is 0 Å². The Hall–Kier alpha value is -2.15. The molecular weight excluding hydrogens is 291 g/mol. The lowest BCUT2D eigenvalue weighted by molar-refractivity contribution is 0.0482. The summed E-state index contributed by atoms with van der Waals surface area (Å²) in [4.78, 5) is 22.6. The summed E-state index contributed by atoms with van der Waals surface area (Å²) in [7, 11) is 0. The predicted molar refractivity (Wildman–Crippen MR) is 78.9 cm³/mol. The molecule has 4 N–H and O–H groups in total. The zero-order chi connectivity index (χ0) is 16.9. The van der Waals surface area contributed by atoms with Crippen LogP contribution >= 0.6 is 0 Å². The molecule has 0 spiro atoms. The summed E-state index contributed by atoms with van der Waals surface area (Å²) in [6.07, 6.45) is -0.480. The summed E-state index contributed by atoms with van der Waals surface area (Å²) in [5, 5.41) is 11.8. The maximum Gasteiger partial charge on any atom is 0.407 e. The zero-order valence-corrected chi connectivity index (χ0v) is 12.9. The van der Waals surface area contributed by atoms with Gasteiger partial charge in [-0.2, -0.15) is 0 Å². The number of rotatable bonds is 5. The number of nitrogens with two attached hydrogens (primary N) is 1. The van der Waals surface area contributed by atoms with Gasteiger partial charge in [-0.15, -0.1) is 0 Å². The van der Waals surface area contributed by atoms with E-state index in [1.807, 2.05) is 0 Å². The van der Waals surface area contributed by atoms with Gasteiger partial charge in [-0.25, -0.2) is 9.18 Å². The van der Waals surface area contributed by atoms with Crippen molar-refractivity contribution in [3.8, 4) is 0 Å². The molecule has 0 radical (unpaired) electrons. The minimum atomic E-state index is -0.852. The van der Waals surface area contributed by atoms with Gasteiger partial charge in [-0.1, -0.05) is 6.07 Å². The molecule has 1 aromatic carbocycles. The second kappa shape index (κ2) is 7.22. The molecule has 0 aliphatic carbocycles. The van der Waals surface area contributed by atoms with Gasteiger partial charge in [-0.3, -0.25) is 4.79 Å². The van der Waals surface area contributed by atoms with Gasteiger partial charge in [0.05, 0.1) is 18.2 Å². The molecule has 0 aliphatic rings. The highest BCUT2D eigenvalue weighted by atomic mass is 19.1. The fourth-order valence-corrected chi connectivity index (χ4v) is 1.81. The van der Waals surface area contributed by atoms with Gasteiger partial charge in [-0.05, 0) is 44.9 Å². The fourth-order valence-electron chi connectivity index (χ4n) is 1.81. The van der Waals surface area contributed by atoms with Crippen LogP contribution in [0.25, 0.3) is 0 Å². The van der Waals surface area contributed by atoms with Gasteiger partial charge < -0.3 is 20.9 Å². The smallest absolute Gasteiger partial charge is 0.407 e. The molecule has 22 heavy (non-hydrogen) atoms. The van der Waals surface area contributed by atoms with Crippen molar-refractivity contribution in [3.05, 3.63) is 35.1 Å². The van der Waals surface area contributed by atoms with Crippen LogP contribution in [0.15, 0.2) is 18.2 Å². The molecule has 1 atom stereocenters. The Balaban J connectivity index is 2.72. The number of carbonyl (C=O) groups excluding carboxylic acids is 2. The molecule has 0 saturated heterocycles. The molecule has 0 heterocycles. The van der Waals surface area contributed by atoms with E-state index in [9.17, 15) is 19.1 Å². The number of hydrogen-bond acceptors (Lipinski definition) is 4. The van der Waals surface area contributed by atoms with Crippen LogP contribution in [0.1, 0.15) is 36.7 Å². The van der Waals surface area contributed by atoms with E-state index in [1.54, 1.807) is 20.8 Å². The Bertz CT molecular complexity index is 555. The van der Waals surface area contributed by atoms with Crippen molar-refractivity contribution < 1.29 is 23.8 Å². The summed E-state index contributed by atoms with van der Waals surface area (Å²) in [6, 6.07) is 3.31. The molecule has 0 unspecified atom stereocenters. The SMILES string of the molecule is CC(C)(C)OC(=O)N[C@H](CO)Cc1ccc(C(N)=O)c(F)c1. The first-order valence-electron chi connectivity index (χ1n) is 6.81. The molecule has 2 amide bonds. The summed E-state index contributed by atoms with van der Waals surface area (Å²) in [6.45, 7) is 4.83. The average molecular weight is 312 g/mol. The number of amides is 2. The van der Waals surface area contributed by atoms with Crippen molar-refractivity contribution >= 4 is 12.0 Å². The molecule has 0 bridgehead atoms. The Morgan fingerprint density at radius 1 is 1.41 bits per heavy atom. The first-order valence-corrected chi connectivity index (χ1v) is 6.81. The predicted octanol–water partition coefficient (Wildman–Crippen LogP) is 1.35. The maximum absolute atomic E-state index is 13.7. The molecule has 1 aromatic rings. The fraction of sp³-hybridized carbons (Fsp3) is 0.467. The van der Waals surface area contributed by atoms with E-state index in [-0.39, 0.29) is 18.6 Å². The normalized spacial score (nSPS) is 12.6. The molecule has 0 aliphatic heterocycles. The Kier molecular flexibility index (Phi) is 5.87. The van der Waals surface area contributed by atoms with Crippen LogP contribution in [0.2, 0.25) is 0 Å². The maximum atomic E-state index is 13.7. The summed E-state index contributed by atoms with van der Waals surface area (Å²) in [5.74, 6) is -1.59. The summed E-state index contributed by atoms with van der Waals surface area (Å²) < 4.78 is 18.8. The molecule has 122 valence electrons. The monoisotopic (exact) mass is 312 g/mol. The molecule has 0 saturated carbocycles. The number of ether oxygens (including phenoxy) is 1. The number of hydrogen-bond donors (Lipinski definition) is 3. The second-order valence-corrected chi connectivity index (χ2v) is 5.91. The second-order valence-electron chi connectivity index (χ2n) is 5.91. The number of primary amides is 1. The van der Waals surface area contributed by atoms with Crippen LogP contribution in [-0.2, 0) is 11.2 Å². The third-order valence-electron chi connectivity index (χ3n) is 2.72. The van der Waals surface area contributed by atoms with E-state index in [4.69, 9.17) is 10.5 Å². The lowest BCUT2D eigenvalue weighted by Crippen LogP contribution is -2.42. The minimum absolute atomic E-state index is 0.186. The first kappa shape index (κ1) is 17.9. The largest absolute Gasteiger partial charge is 0.444 e. The Labute approximate surface area is 128 Å². The van der Waals surface area contributed by atoms with Crippen LogP contribution in [0.3, 0.4) is 0 Å². The number of alkyl carbamates (subject to hydrolysis) is 1. The van der Waals surface area contributed by atoms with Gasteiger partial charge in [0.15, 0.2) is 0 Å². The van der Waals surface area contributed by atoms with E-state index < -0.39 is 29.5 Å². The molecule has 6 nitrogen and oxygen atoms in total. The van der Waals surface area contributed by atoms with Crippen molar-refractivity contribution in [3.63, 3.8) is 0 Å². The highest BCUT2D eigenvalue weighted by Crippen LogP contribution is 2.12. The number of aliphatic hydroxyl groups excluding tert-OH is 1. The van der Waals surface area contributed by atoms with Crippen molar-refractivity contribution in [2.75, 3.05) is 6.61 Å². The van der Waals surface area contributed by atoms with Crippen LogP contribution in [0, 0.1) is 5.82 Å². The van der Waals surface area contributed by atoms with Crippen LogP contribution in [0.4, 0.5) is 9.18 Å². The Morgan fingerprint density at radius 2 is 2.05 bits per heavy atom. The zero-order valence-electron chi connectivity index (χ0n) is 12.9. The Morgan fingerprint density at radius 3 is 2.50 bits per heavy atom. The topological polar surface area (TPSA) is 102 Å². The number of carbonyl (C=O) groups is 2. The van der Waals surface area contributed by atoms with Gasteiger partial charge >= 0.3 is 6.09 Å². The van der Waals surface area contributed by atoms with E-state index in [0.717, 1.165) is 6.07 Å². The summed E-state index contributed by atoms with van der Waals surface area (Å²) >= 11 is 0. The van der Waals surface area contributed by atoms with E-state index in [0.29, 0.717) is 5.56 Å². The summed E-state index contributed by atoms with van der Waals surface area (Å²) in [5.41, 5.74) is 4.68. The number of halogens is 1. The van der Waals surface area contributed by atoms with Gasteiger partial charge in [0.25, 0.3) is 5.91 Å². The number of benzene rings is 1. The third kappa shape index (κ3) is 5.69. The van der Waals surface area contributed by atoms with Crippen LogP contribution in [-0.4, -0.2) is 35.4 Å². The third-order valence-corrected chi connectivity index (χ3v) is 2.72. The molecule has 0 fully saturated rings. The first-order chi connectivity index (χ1) is 10.1. The number of aliphatic hydroxyl groups is 1. The van der Waals surface area contributed by atoms with E-state index in [1.165, 1.54) is 12.1 Å². The highest BCUT2D eigenvalue weighted by Gasteiger charge is 2.20. The van der Waals surface area contributed by atoms with Crippen molar-refractivity contribution in [2.45, 2.75) is 38.8 Å². The highest BCUT2D eigenvalue weighted by molar-refractivity contribution is 5.93. The molecule has 7 heteroatoms. The lowest BCUT2D eigenvalue weighted by Gasteiger charge is -2.22. The molecular formula is C15H21FN2O4. The van der Waals surface area contributed by atoms with Crippen molar-refractivity contribution in [2.24, 2.45) is 5.73 Å². The minimum Gasteiger partial charge on any atom is -0.444 e.